The van der Waals surface area contributed by atoms with Gasteiger partial charge in [0, 0.05) is 36.0 Å². The van der Waals surface area contributed by atoms with Crippen molar-refractivity contribution in [2.24, 2.45) is 0 Å². The van der Waals surface area contributed by atoms with Gasteiger partial charge >= 0.3 is 0 Å². The average Bonchev–Trinajstić information content (AvgIpc) is 2.98. The third-order valence-electron chi connectivity index (χ3n) is 4.22. The van der Waals surface area contributed by atoms with Crippen LogP contribution in [0.5, 0.6) is 5.88 Å². The number of nitro benzene ring substituents is 1. The van der Waals surface area contributed by atoms with Gasteiger partial charge in [0.25, 0.3) is 5.69 Å². The normalized spacial score (nSPS) is 16.6. The molecule has 3 rings (SSSR count). The number of non-ortho nitro benzene ring substituents is 1. The molecule has 136 valence electrons. The molecule has 1 atom stereocenters. The number of rotatable bonds is 5. The van der Waals surface area contributed by atoms with Crippen molar-refractivity contribution in [1.29, 1.82) is 0 Å². The van der Waals surface area contributed by atoms with E-state index in [2.05, 4.69) is 16.9 Å². The molecule has 0 aliphatic carbocycles. The van der Waals surface area contributed by atoms with Crippen LogP contribution in [0.3, 0.4) is 0 Å². The number of aromatic nitrogens is 1. The molecular formula is C17H21Cl2N3O3. The fourth-order valence-corrected chi connectivity index (χ4v) is 2.81. The molecule has 1 aliphatic rings. The topological polar surface area (TPSA) is 68.5 Å². The number of ether oxygens (including phenoxy) is 1. The van der Waals surface area contributed by atoms with Gasteiger partial charge in [-0.25, -0.2) is 4.98 Å². The zero-order valence-corrected chi connectivity index (χ0v) is 15.5. The predicted octanol–water partition coefficient (Wildman–Crippen LogP) is 3.97. The largest absolute Gasteiger partial charge is 0.476 e. The van der Waals surface area contributed by atoms with Crippen LogP contribution in [0.15, 0.2) is 42.6 Å². The van der Waals surface area contributed by atoms with E-state index in [1.165, 1.54) is 12.5 Å². The summed E-state index contributed by atoms with van der Waals surface area (Å²) in [5.74, 6) is 0.583. The first kappa shape index (κ1) is 21.2. The van der Waals surface area contributed by atoms with E-state index in [9.17, 15) is 10.1 Å². The highest BCUT2D eigenvalue weighted by Crippen LogP contribution is 2.24. The van der Waals surface area contributed by atoms with Gasteiger partial charge in [0.2, 0.25) is 5.88 Å². The van der Waals surface area contributed by atoms with Gasteiger partial charge < -0.3 is 9.64 Å². The molecule has 1 saturated heterocycles. The summed E-state index contributed by atoms with van der Waals surface area (Å²) in [6, 6.07) is 10.7. The van der Waals surface area contributed by atoms with E-state index in [0.717, 1.165) is 24.1 Å². The van der Waals surface area contributed by atoms with Crippen LogP contribution in [0.25, 0.3) is 11.1 Å². The summed E-state index contributed by atoms with van der Waals surface area (Å²) in [5, 5.41) is 10.8. The maximum atomic E-state index is 10.8. The van der Waals surface area contributed by atoms with E-state index < -0.39 is 4.92 Å². The Morgan fingerprint density at radius 1 is 1.28 bits per heavy atom. The fraction of sp³-hybridized carbons (Fsp3) is 0.353. The van der Waals surface area contributed by atoms with Crippen LogP contribution in [-0.2, 0) is 0 Å². The highest BCUT2D eigenvalue weighted by Gasteiger charge is 2.21. The number of hydrogen-bond donors (Lipinski definition) is 0. The molecule has 2 aromatic rings. The van der Waals surface area contributed by atoms with Crippen molar-refractivity contribution in [2.45, 2.75) is 18.9 Å². The average molecular weight is 386 g/mol. The molecule has 1 aliphatic heterocycles. The number of nitrogens with zero attached hydrogens (tertiary/aromatic N) is 3. The Bertz CT molecular complexity index is 698. The van der Waals surface area contributed by atoms with Gasteiger partial charge in [0.1, 0.15) is 6.61 Å². The molecular weight excluding hydrogens is 365 g/mol. The van der Waals surface area contributed by atoms with Gasteiger partial charge in [-0.3, -0.25) is 10.1 Å². The summed E-state index contributed by atoms with van der Waals surface area (Å²) in [7, 11) is 2.11. The zero-order valence-electron chi connectivity index (χ0n) is 13.8. The highest BCUT2D eigenvalue weighted by molar-refractivity contribution is 5.85. The van der Waals surface area contributed by atoms with Gasteiger partial charge in [0.15, 0.2) is 0 Å². The molecule has 1 aromatic heterocycles. The molecule has 0 bridgehead atoms. The van der Waals surface area contributed by atoms with Crippen molar-refractivity contribution in [3.05, 3.63) is 52.7 Å². The van der Waals surface area contributed by atoms with Crippen LogP contribution in [0.4, 0.5) is 5.69 Å². The van der Waals surface area contributed by atoms with Gasteiger partial charge in [-0.15, -0.1) is 24.8 Å². The molecule has 0 saturated carbocycles. The molecule has 0 radical (unpaired) electrons. The van der Waals surface area contributed by atoms with Gasteiger partial charge in [-0.2, -0.15) is 0 Å². The predicted molar refractivity (Wildman–Crippen MR) is 102 cm³/mol. The number of likely N-dealkylation sites (N-methyl/N-ethyl adjacent to an activating group) is 1. The zero-order chi connectivity index (χ0) is 16.2. The van der Waals surface area contributed by atoms with Crippen molar-refractivity contribution >= 4 is 30.5 Å². The number of likely N-dealkylation sites (tertiary alicyclic amines) is 1. The molecule has 8 heteroatoms. The van der Waals surface area contributed by atoms with Gasteiger partial charge in [-0.05, 0) is 38.1 Å². The van der Waals surface area contributed by atoms with E-state index in [1.54, 1.807) is 18.3 Å². The lowest BCUT2D eigenvalue weighted by Crippen LogP contribution is -2.30. The fourth-order valence-electron chi connectivity index (χ4n) is 2.81. The first-order valence-electron chi connectivity index (χ1n) is 7.67. The minimum atomic E-state index is -0.396. The second-order valence-corrected chi connectivity index (χ2v) is 5.78. The molecule has 0 unspecified atom stereocenters. The standard InChI is InChI=1S/C17H19N3O3.2ClH/c1-19-9-3-6-16(19)12-23-17-8-7-14(11-18-17)13-4-2-5-15(10-13)20(21)22;;/h2,4-5,7-8,10-11,16H,3,6,9,12H2,1H3;2*1H/t16-;;/m0../s1. The quantitative estimate of drug-likeness (QED) is 0.575. The summed E-state index contributed by atoms with van der Waals surface area (Å²) in [6.07, 6.45) is 4.05. The molecule has 1 fully saturated rings. The number of hydrogen-bond acceptors (Lipinski definition) is 5. The highest BCUT2D eigenvalue weighted by atomic mass is 35.5. The lowest BCUT2D eigenvalue weighted by atomic mass is 10.1. The smallest absolute Gasteiger partial charge is 0.270 e. The monoisotopic (exact) mass is 385 g/mol. The van der Waals surface area contributed by atoms with Crippen LogP contribution < -0.4 is 4.74 Å². The van der Waals surface area contributed by atoms with Gasteiger partial charge in [0.05, 0.1) is 4.92 Å². The summed E-state index contributed by atoms with van der Waals surface area (Å²) in [5.41, 5.74) is 1.68. The van der Waals surface area contributed by atoms with E-state index in [4.69, 9.17) is 4.74 Å². The Hall–Kier alpha value is -1.89. The van der Waals surface area contributed by atoms with Crippen LogP contribution in [0.2, 0.25) is 0 Å². The summed E-state index contributed by atoms with van der Waals surface area (Å²) < 4.78 is 5.75. The molecule has 6 nitrogen and oxygen atoms in total. The van der Waals surface area contributed by atoms with Crippen molar-refractivity contribution in [3.8, 4) is 17.0 Å². The van der Waals surface area contributed by atoms with Crippen LogP contribution in [-0.4, -0.2) is 41.0 Å². The lowest BCUT2D eigenvalue weighted by Gasteiger charge is -2.19. The number of nitro groups is 1. The van der Waals surface area contributed by atoms with E-state index in [-0.39, 0.29) is 30.5 Å². The van der Waals surface area contributed by atoms with E-state index in [1.807, 2.05) is 18.2 Å². The minimum absolute atomic E-state index is 0. The van der Waals surface area contributed by atoms with Crippen LogP contribution in [0.1, 0.15) is 12.8 Å². The van der Waals surface area contributed by atoms with E-state index in [0.29, 0.717) is 18.5 Å². The van der Waals surface area contributed by atoms with Crippen molar-refractivity contribution in [3.63, 3.8) is 0 Å². The molecule has 2 heterocycles. The Labute approximate surface area is 159 Å². The van der Waals surface area contributed by atoms with Crippen molar-refractivity contribution < 1.29 is 9.66 Å². The maximum Gasteiger partial charge on any atom is 0.270 e. The first-order valence-corrected chi connectivity index (χ1v) is 7.67. The Kier molecular flexibility index (Phi) is 8.09. The van der Waals surface area contributed by atoms with Gasteiger partial charge in [-0.1, -0.05) is 12.1 Å². The molecule has 25 heavy (non-hydrogen) atoms. The molecule has 0 spiro atoms. The first-order chi connectivity index (χ1) is 11.1. The lowest BCUT2D eigenvalue weighted by molar-refractivity contribution is -0.384. The van der Waals surface area contributed by atoms with Crippen LogP contribution >= 0.6 is 24.8 Å². The SMILES string of the molecule is CN1CCC[C@H]1COc1ccc(-c2cccc([N+](=O)[O-])c2)cn1.Cl.Cl. The van der Waals surface area contributed by atoms with Crippen molar-refractivity contribution in [1.82, 2.24) is 9.88 Å². The molecule has 1 aromatic carbocycles. The number of benzene rings is 1. The van der Waals surface area contributed by atoms with Crippen molar-refractivity contribution in [2.75, 3.05) is 20.2 Å². The summed E-state index contributed by atoms with van der Waals surface area (Å²) >= 11 is 0. The van der Waals surface area contributed by atoms with E-state index >= 15 is 0 Å². The second-order valence-electron chi connectivity index (χ2n) is 5.78. The third kappa shape index (κ3) is 5.29. The molecule has 0 amide bonds. The number of halogens is 2. The number of pyridine rings is 1. The Morgan fingerprint density at radius 3 is 2.68 bits per heavy atom. The second kappa shape index (κ2) is 9.56. The Morgan fingerprint density at radius 2 is 2.08 bits per heavy atom. The summed E-state index contributed by atoms with van der Waals surface area (Å²) in [6.45, 7) is 1.76. The third-order valence-corrected chi connectivity index (χ3v) is 4.22. The Balaban J connectivity index is 0.00000156. The van der Waals surface area contributed by atoms with Crippen LogP contribution in [0, 0.1) is 10.1 Å². The molecule has 0 N–H and O–H groups in total. The summed E-state index contributed by atoms with van der Waals surface area (Å²) in [4.78, 5) is 17.1. The minimum Gasteiger partial charge on any atom is -0.476 e. The maximum absolute atomic E-state index is 10.8.